The Labute approximate surface area is 102 Å². The van der Waals surface area contributed by atoms with E-state index >= 15 is 0 Å². The van der Waals surface area contributed by atoms with Crippen molar-refractivity contribution in [2.45, 2.75) is 78.7 Å². The molecule has 0 aliphatic heterocycles. The van der Waals surface area contributed by atoms with Crippen LogP contribution in [0.15, 0.2) is 11.6 Å². The molecular weight excluding hydrogens is 196 g/mol. The first-order valence-corrected chi connectivity index (χ1v) is 6.97. The molecule has 0 heterocycles. The van der Waals surface area contributed by atoms with E-state index in [4.69, 9.17) is 0 Å². The van der Waals surface area contributed by atoms with E-state index in [1.807, 2.05) is 0 Å². The lowest BCUT2D eigenvalue weighted by Gasteiger charge is -2.13. The van der Waals surface area contributed by atoms with Gasteiger partial charge in [-0.05, 0) is 25.2 Å². The second-order valence-corrected chi connectivity index (χ2v) is 5.13. The number of aliphatic hydroxyl groups excluding tert-OH is 1. The number of hydrogen-bond acceptors (Lipinski definition) is 1. The maximum absolute atomic E-state index is 9.92. The molecule has 0 saturated heterocycles. The van der Waals surface area contributed by atoms with Gasteiger partial charge in [-0.25, -0.2) is 0 Å². The summed E-state index contributed by atoms with van der Waals surface area (Å²) in [6.45, 7) is 8.79. The lowest BCUT2D eigenvalue weighted by Crippen LogP contribution is -2.08. The van der Waals surface area contributed by atoms with E-state index in [-0.39, 0.29) is 6.10 Å². The Morgan fingerprint density at radius 1 is 1.12 bits per heavy atom. The van der Waals surface area contributed by atoms with Gasteiger partial charge in [-0.1, -0.05) is 65.0 Å². The number of unbranched alkanes of at least 4 members (excludes halogenated alkanes) is 3. The van der Waals surface area contributed by atoms with Crippen molar-refractivity contribution in [1.29, 1.82) is 0 Å². The predicted octanol–water partition coefficient (Wildman–Crippen LogP) is 4.70. The van der Waals surface area contributed by atoms with Crippen molar-refractivity contribution in [1.82, 2.24) is 0 Å². The topological polar surface area (TPSA) is 20.2 Å². The molecule has 0 aromatic heterocycles. The first kappa shape index (κ1) is 15.7. The van der Waals surface area contributed by atoms with Crippen molar-refractivity contribution in [3.05, 3.63) is 11.6 Å². The predicted molar refractivity (Wildman–Crippen MR) is 72.6 cm³/mol. The smallest absolute Gasteiger partial charge is 0.0577 e. The van der Waals surface area contributed by atoms with Crippen LogP contribution in [-0.2, 0) is 0 Å². The van der Waals surface area contributed by atoms with Crippen LogP contribution >= 0.6 is 0 Å². The molecule has 0 amide bonds. The number of hydrogen-bond donors (Lipinski definition) is 1. The lowest BCUT2D eigenvalue weighted by molar-refractivity contribution is 0.160. The molecule has 1 nitrogen and oxygen atoms in total. The summed E-state index contributed by atoms with van der Waals surface area (Å²) in [7, 11) is 0. The van der Waals surface area contributed by atoms with Gasteiger partial charge in [0.1, 0.15) is 0 Å². The summed E-state index contributed by atoms with van der Waals surface area (Å²) in [6.07, 6.45) is 10.1. The van der Waals surface area contributed by atoms with Gasteiger partial charge in [-0.15, -0.1) is 0 Å². The molecule has 0 aliphatic carbocycles. The molecule has 16 heavy (non-hydrogen) atoms. The number of aliphatic hydroxyl groups is 1. The molecule has 0 bridgehead atoms. The van der Waals surface area contributed by atoms with E-state index in [1.54, 1.807) is 0 Å². The maximum Gasteiger partial charge on any atom is 0.0577 e. The molecule has 0 rings (SSSR count). The van der Waals surface area contributed by atoms with Gasteiger partial charge in [0, 0.05) is 0 Å². The van der Waals surface area contributed by atoms with Gasteiger partial charge >= 0.3 is 0 Å². The number of allylic oxidation sites excluding steroid dienone is 1. The van der Waals surface area contributed by atoms with E-state index in [2.05, 4.69) is 33.8 Å². The van der Waals surface area contributed by atoms with Crippen LogP contribution in [0.1, 0.15) is 72.6 Å². The Morgan fingerprint density at radius 3 is 2.31 bits per heavy atom. The Bertz CT molecular complexity index is 182. The molecule has 96 valence electrons. The quantitative estimate of drug-likeness (QED) is 0.446. The number of rotatable bonds is 9. The van der Waals surface area contributed by atoms with Crippen LogP contribution in [-0.4, -0.2) is 11.2 Å². The van der Waals surface area contributed by atoms with Crippen molar-refractivity contribution in [2.24, 2.45) is 5.92 Å². The molecule has 0 aliphatic rings. The first-order chi connectivity index (χ1) is 7.60. The summed E-state index contributed by atoms with van der Waals surface area (Å²) in [5.74, 6) is 0.599. The fourth-order valence-electron chi connectivity index (χ4n) is 2.01. The van der Waals surface area contributed by atoms with Crippen LogP contribution in [0, 0.1) is 5.92 Å². The fraction of sp³-hybridized carbons (Fsp3) is 0.867. The summed E-state index contributed by atoms with van der Waals surface area (Å²) in [5, 5.41) is 9.92. The molecule has 1 heteroatoms. The molecule has 1 atom stereocenters. The van der Waals surface area contributed by atoms with Gasteiger partial charge in [-0.2, -0.15) is 0 Å². The van der Waals surface area contributed by atoms with Crippen LogP contribution in [0.3, 0.4) is 0 Å². The minimum Gasteiger partial charge on any atom is -0.393 e. The standard InChI is InChI=1S/C15H30O/c1-5-7-8-9-10-15(16)12-14(6-2)11-13(3)4/h11,13,15-16H,5-10,12H2,1-4H3/b14-11+. The molecular formula is C15H30O. The van der Waals surface area contributed by atoms with E-state index in [9.17, 15) is 5.11 Å². The monoisotopic (exact) mass is 226 g/mol. The van der Waals surface area contributed by atoms with Crippen molar-refractivity contribution >= 4 is 0 Å². The van der Waals surface area contributed by atoms with E-state index in [0.29, 0.717) is 5.92 Å². The summed E-state index contributed by atoms with van der Waals surface area (Å²) >= 11 is 0. The van der Waals surface area contributed by atoms with Crippen molar-refractivity contribution in [2.75, 3.05) is 0 Å². The Kier molecular flexibility index (Phi) is 9.71. The summed E-state index contributed by atoms with van der Waals surface area (Å²) < 4.78 is 0. The van der Waals surface area contributed by atoms with E-state index in [1.165, 1.54) is 31.3 Å². The zero-order valence-corrected chi connectivity index (χ0v) is 11.6. The average Bonchev–Trinajstić information content (AvgIpc) is 2.23. The zero-order chi connectivity index (χ0) is 12.4. The third-order valence-electron chi connectivity index (χ3n) is 2.91. The van der Waals surface area contributed by atoms with Crippen LogP contribution in [0.4, 0.5) is 0 Å². The van der Waals surface area contributed by atoms with E-state index in [0.717, 1.165) is 19.3 Å². The van der Waals surface area contributed by atoms with Crippen LogP contribution in [0.25, 0.3) is 0 Å². The van der Waals surface area contributed by atoms with Crippen LogP contribution in [0.5, 0.6) is 0 Å². The molecule has 0 saturated carbocycles. The second kappa shape index (κ2) is 9.89. The van der Waals surface area contributed by atoms with Gasteiger partial charge in [0.15, 0.2) is 0 Å². The molecule has 0 fully saturated rings. The van der Waals surface area contributed by atoms with E-state index < -0.39 is 0 Å². The first-order valence-electron chi connectivity index (χ1n) is 6.97. The Hall–Kier alpha value is -0.300. The van der Waals surface area contributed by atoms with Crippen LogP contribution in [0.2, 0.25) is 0 Å². The molecule has 0 spiro atoms. The third kappa shape index (κ3) is 8.96. The molecule has 1 unspecified atom stereocenters. The highest BCUT2D eigenvalue weighted by molar-refractivity contribution is 5.04. The lowest BCUT2D eigenvalue weighted by atomic mass is 9.98. The maximum atomic E-state index is 9.92. The van der Waals surface area contributed by atoms with Gasteiger partial charge < -0.3 is 5.11 Å². The minimum atomic E-state index is -0.123. The van der Waals surface area contributed by atoms with Gasteiger partial charge in [0.2, 0.25) is 0 Å². The minimum absolute atomic E-state index is 0.123. The second-order valence-electron chi connectivity index (χ2n) is 5.13. The highest BCUT2D eigenvalue weighted by Gasteiger charge is 2.06. The fourth-order valence-corrected chi connectivity index (χ4v) is 2.01. The highest BCUT2D eigenvalue weighted by atomic mass is 16.3. The highest BCUT2D eigenvalue weighted by Crippen LogP contribution is 2.16. The van der Waals surface area contributed by atoms with Crippen molar-refractivity contribution in [3.8, 4) is 0 Å². The SMILES string of the molecule is CCCCCCC(O)C/C(=C/C(C)C)CC. The Morgan fingerprint density at radius 2 is 1.81 bits per heavy atom. The summed E-state index contributed by atoms with van der Waals surface area (Å²) in [5.41, 5.74) is 1.41. The summed E-state index contributed by atoms with van der Waals surface area (Å²) in [6, 6.07) is 0. The van der Waals surface area contributed by atoms with Gasteiger partial charge in [0.05, 0.1) is 6.10 Å². The molecule has 0 radical (unpaired) electrons. The summed E-state index contributed by atoms with van der Waals surface area (Å²) in [4.78, 5) is 0. The largest absolute Gasteiger partial charge is 0.393 e. The molecule has 1 N–H and O–H groups in total. The van der Waals surface area contributed by atoms with Gasteiger partial charge in [-0.3, -0.25) is 0 Å². The zero-order valence-electron chi connectivity index (χ0n) is 11.6. The Balaban J connectivity index is 3.78. The molecule has 0 aromatic carbocycles. The van der Waals surface area contributed by atoms with Gasteiger partial charge in [0.25, 0.3) is 0 Å². The average molecular weight is 226 g/mol. The normalized spacial score (nSPS) is 14.5. The van der Waals surface area contributed by atoms with Crippen LogP contribution < -0.4 is 0 Å². The van der Waals surface area contributed by atoms with Crippen molar-refractivity contribution < 1.29 is 5.11 Å². The van der Waals surface area contributed by atoms with Crippen molar-refractivity contribution in [3.63, 3.8) is 0 Å². The molecule has 0 aromatic rings. The third-order valence-corrected chi connectivity index (χ3v) is 2.91.